The molecule has 0 aliphatic carbocycles. The van der Waals surface area contributed by atoms with Crippen LogP contribution in [0.1, 0.15) is 22.3 Å². The second-order valence-corrected chi connectivity index (χ2v) is 14.5. The lowest BCUT2D eigenvalue weighted by Crippen LogP contribution is -2.10. The molecule has 298 valence electrons. The van der Waals surface area contributed by atoms with E-state index in [0.717, 1.165) is 35.0 Å². The highest BCUT2D eigenvalue weighted by Crippen LogP contribution is 2.42. The van der Waals surface area contributed by atoms with Gasteiger partial charge in [0.15, 0.2) is 17.5 Å². The third-order valence-corrected chi connectivity index (χ3v) is 10.9. The lowest BCUT2D eigenvalue weighted by Gasteiger charge is -2.18. The van der Waals surface area contributed by atoms with Crippen LogP contribution in [-0.4, -0.2) is 24.1 Å². The Kier molecular flexibility index (Phi) is 8.68. The molecule has 0 unspecified atom stereocenters. The van der Waals surface area contributed by atoms with Gasteiger partial charge in [-0.25, -0.2) is 15.0 Å². The summed E-state index contributed by atoms with van der Waals surface area (Å²) in [5.74, 6) is -0.475. The van der Waals surface area contributed by atoms with Crippen molar-refractivity contribution in [3.63, 3.8) is 0 Å². The minimum Gasteiger partial charge on any atom is -0.309 e. The van der Waals surface area contributed by atoms with Crippen molar-refractivity contribution in [2.75, 3.05) is 0 Å². The smallest absolute Gasteiger partial charge is 0.309 e. The van der Waals surface area contributed by atoms with Crippen molar-refractivity contribution in [1.29, 1.82) is 10.5 Å². The molecule has 0 saturated heterocycles. The number of aromatic nitrogens is 5. The number of hydrogen-bond donors (Lipinski definition) is 0. The van der Waals surface area contributed by atoms with Crippen molar-refractivity contribution in [2.45, 2.75) is 12.4 Å². The van der Waals surface area contributed by atoms with Crippen molar-refractivity contribution in [3.8, 4) is 57.7 Å². The monoisotopic (exact) mass is 825 g/mol. The number of para-hydroxylation sites is 2. The van der Waals surface area contributed by atoms with Gasteiger partial charge in [0.05, 0.1) is 67.8 Å². The summed E-state index contributed by atoms with van der Waals surface area (Å²) in [5, 5.41) is 22.3. The molecule has 0 amide bonds. The van der Waals surface area contributed by atoms with Crippen LogP contribution in [0.5, 0.6) is 0 Å². The summed E-state index contributed by atoms with van der Waals surface area (Å²) in [6.45, 7) is 0. The number of nitrogens with zero attached hydrogens (tertiary/aromatic N) is 7. The molecule has 10 aromatic rings. The Morgan fingerprint density at radius 3 is 1.24 bits per heavy atom. The van der Waals surface area contributed by atoms with Gasteiger partial charge in [-0.2, -0.15) is 36.9 Å². The topological polar surface area (TPSA) is 96.1 Å². The van der Waals surface area contributed by atoms with E-state index in [-0.39, 0.29) is 40.0 Å². The number of rotatable bonds is 5. The van der Waals surface area contributed by atoms with E-state index in [1.807, 2.05) is 24.3 Å². The fourth-order valence-electron chi connectivity index (χ4n) is 8.11. The first-order chi connectivity index (χ1) is 29.9. The van der Waals surface area contributed by atoms with Crippen molar-refractivity contribution < 1.29 is 26.3 Å². The summed E-state index contributed by atoms with van der Waals surface area (Å²) in [7, 11) is 0. The van der Waals surface area contributed by atoms with Gasteiger partial charge in [0, 0.05) is 38.2 Å². The molecule has 0 aliphatic heterocycles. The molecule has 13 heteroatoms. The molecule has 0 atom stereocenters. The number of halogens is 6. The van der Waals surface area contributed by atoms with E-state index in [2.05, 4.69) is 12.1 Å². The quantitative estimate of drug-likeness (QED) is 0.161. The number of alkyl halides is 6. The van der Waals surface area contributed by atoms with Crippen LogP contribution in [0.3, 0.4) is 0 Å². The molecule has 10 rings (SSSR count). The highest BCUT2D eigenvalue weighted by atomic mass is 19.4. The summed E-state index contributed by atoms with van der Waals surface area (Å²) in [6.07, 6.45) is -9.60. The van der Waals surface area contributed by atoms with E-state index < -0.39 is 23.5 Å². The fourth-order valence-corrected chi connectivity index (χ4v) is 8.11. The van der Waals surface area contributed by atoms with E-state index in [9.17, 15) is 36.9 Å². The lowest BCUT2D eigenvalue weighted by atomic mass is 10.0. The van der Waals surface area contributed by atoms with Gasteiger partial charge < -0.3 is 9.13 Å². The molecule has 0 bridgehead atoms. The second-order valence-electron chi connectivity index (χ2n) is 14.5. The minimum atomic E-state index is -4.80. The zero-order chi connectivity index (χ0) is 42.9. The lowest BCUT2D eigenvalue weighted by molar-refractivity contribution is -0.138. The third-order valence-electron chi connectivity index (χ3n) is 10.9. The third kappa shape index (κ3) is 6.26. The Labute approximate surface area is 347 Å². The highest BCUT2D eigenvalue weighted by molar-refractivity contribution is 6.11. The maximum absolute atomic E-state index is 14.7. The average molecular weight is 826 g/mol. The number of nitriles is 2. The Morgan fingerprint density at radius 2 is 0.806 bits per heavy atom. The molecular formula is C49H25F6N7. The first-order valence-corrected chi connectivity index (χ1v) is 19.0. The molecule has 0 saturated carbocycles. The summed E-state index contributed by atoms with van der Waals surface area (Å²) in [5.41, 5.74) is 1.89. The number of hydrogen-bond acceptors (Lipinski definition) is 5. The van der Waals surface area contributed by atoms with Crippen LogP contribution in [0.15, 0.2) is 152 Å². The zero-order valence-electron chi connectivity index (χ0n) is 31.8. The largest absolute Gasteiger partial charge is 0.416 e. The molecule has 62 heavy (non-hydrogen) atoms. The van der Waals surface area contributed by atoms with Crippen molar-refractivity contribution in [2.24, 2.45) is 0 Å². The van der Waals surface area contributed by atoms with Crippen LogP contribution in [0.2, 0.25) is 0 Å². The second kappa shape index (κ2) is 14.2. The summed E-state index contributed by atoms with van der Waals surface area (Å²) < 4.78 is 91.6. The van der Waals surface area contributed by atoms with E-state index in [1.54, 1.807) is 100 Å². The van der Waals surface area contributed by atoms with E-state index in [1.165, 1.54) is 12.1 Å². The van der Waals surface area contributed by atoms with Gasteiger partial charge in [-0.05, 0) is 84.9 Å². The van der Waals surface area contributed by atoms with E-state index >= 15 is 0 Å². The van der Waals surface area contributed by atoms with Crippen LogP contribution in [0, 0.1) is 22.7 Å². The minimum absolute atomic E-state index is 0.000841. The van der Waals surface area contributed by atoms with Crippen molar-refractivity contribution >= 4 is 43.6 Å². The maximum atomic E-state index is 14.7. The van der Waals surface area contributed by atoms with Gasteiger partial charge in [0.2, 0.25) is 0 Å². The summed E-state index contributed by atoms with van der Waals surface area (Å²) in [4.78, 5) is 14.3. The predicted octanol–water partition coefficient (Wildman–Crippen LogP) is 12.8. The normalized spacial score (nSPS) is 12.0. The molecule has 7 nitrogen and oxygen atoms in total. The standard InChI is InChI=1S/C49H25F6N7/c50-48(51,52)31-16-20-43(61-39-12-6-4-10-33(39)35-22-28(26-56)14-18-41(35)61)37(24-31)46-58-45(30-8-2-1-3-9-30)59-47(60-46)38-25-32(49(53,54)55)17-21-44(38)62-40-13-7-5-11-34(40)36-23-29(27-57)15-19-42(36)62/h1-25H. The molecule has 3 aromatic heterocycles. The van der Waals surface area contributed by atoms with E-state index in [0.29, 0.717) is 49.5 Å². The Balaban J connectivity index is 1.31. The Morgan fingerprint density at radius 1 is 0.403 bits per heavy atom. The van der Waals surface area contributed by atoms with Gasteiger partial charge in [0.25, 0.3) is 0 Å². The zero-order valence-corrected chi connectivity index (χ0v) is 31.8. The van der Waals surface area contributed by atoms with E-state index in [4.69, 9.17) is 15.0 Å². The van der Waals surface area contributed by atoms with Gasteiger partial charge in [-0.1, -0.05) is 66.7 Å². The summed E-state index contributed by atoms with van der Waals surface area (Å²) >= 11 is 0. The number of benzene rings is 7. The van der Waals surface area contributed by atoms with Gasteiger partial charge >= 0.3 is 12.4 Å². The Hall–Kier alpha value is -8.29. The average Bonchev–Trinajstić information content (AvgIpc) is 3.80. The van der Waals surface area contributed by atoms with Crippen LogP contribution < -0.4 is 0 Å². The van der Waals surface area contributed by atoms with Crippen LogP contribution in [0.25, 0.3) is 89.2 Å². The molecule has 0 N–H and O–H groups in total. The van der Waals surface area contributed by atoms with Gasteiger partial charge in [-0.3, -0.25) is 0 Å². The molecule has 0 spiro atoms. The maximum Gasteiger partial charge on any atom is 0.416 e. The molecule has 0 radical (unpaired) electrons. The van der Waals surface area contributed by atoms with Gasteiger partial charge in [-0.15, -0.1) is 0 Å². The van der Waals surface area contributed by atoms with Crippen LogP contribution in [-0.2, 0) is 12.4 Å². The number of fused-ring (bicyclic) bond motifs is 6. The molecule has 7 aromatic carbocycles. The van der Waals surface area contributed by atoms with Crippen molar-refractivity contribution in [3.05, 3.63) is 174 Å². The summed E-state index contributed by atoms with van der Waals surface area (Å²) in [6, 6.07) is 43.8. The van der Waals surface area contributed by atoms with Crippen molar-refractivity contribution in [1.82, 2.24) is 24.1 Å². The molecule has 0 fully saturated rings. The SMILES string of the molecule is N#Cc1ccc2c(c1)c1ccccc1n2-c1ccc(C(F)(F)F)cc1-c1nc(-c2ccccc2)nc(-c2cc(C(F)(F)F)ccc2-n2c3ccccc3c3cc(C#N)ccc32)n1. The fraction of sp³-hybridized carbons (Fsp3) is 0.0408. The van der Waals surface area contributed by atoms with Crippen LogP contribution in [0.4, 0.5) is 26.3 Å². The predicted molar refractivity (Wildman–Crippen MR) is 224 cm³/mol. The Bertz CT molecular complexity index is 3320. The highest BCUT2D eigenvalue weighted by Gasteiger charge is 2.34. The first-order valence-electron chi connectivity index (χ1n) is 19.0. The van der Waals surface area contributed by atoms with Gasteiger partial charge in [0.1, 0.15) is 0 Å². The molecule has 0 aliphatic rings. The molecule has 3 heterocycles. The first kappa shape index (κ1) is 37.9. The molecular weight excluding hydrogens is 801 g/mol. The van der Waals surface area contributed by atoms with Crippen LogP contribution >= 0.6 is 0 Å².